The molecule has 1 saturated heterocycles. The molecule has 1 aliphatic heterocycles. The van der Waals surface area contributed by atoms with Crippen LogP contribution in [0.3, 0.4) is 0 Å². The Hall–Kier alpha value is -0.0800. The fourth-order valence-corrected chi connectivity index (χ4v) is 2.94. The van der Waals surface area contributed by atoms with Gasteiger partial charge < -0.3 is 10.2 Å². The lowest BCUT2D eigenvalue weighted by atomic mass is 9.93. The zero-order valence-corrected chi connectivity index (χ0v) is 12.3. The van der Waals surface area contributed by atoms with Gasteiger partial charge in [0.25, 0.3) is 0 Å². The molecule has 102 valence electrons. The molecule has 0 aromatic carbocycles. The maximum atomic E-state index is 3.60. The number of hydrogen-bond donors (Lipinski definition) is 1. The summed E-state index contributed by atoms with van der Waals surface area (Å²) in [7, 11) is 0. The molecular formula is C15H32N2. The summed E-state index contributed by atoms with van der Waals surface area (Å²) in [6.07, 6.45) is 6.73. The van der Waals surface area contributed by atoms with E-state index in [-0.39, 0.29) is 0 Å². The molecule has 17 heavy (non-hydrogen) atoms. The maximum absolute atomic E-state index is 3.60. The second-order valence-electron chi connectivity index (χ2n) is 5.83. The van der Waals surface area contributed by atoms with Gasteiger partial charge in [-0.3, -0.25) is 0 Å². The van der Waals surface area contributed by atoms with E-state index in [1.807, 2.05) is 0 Å². The highest BCUT2D eigenvalue weighted by Crippen LogP contribution is 2.22. The van der Waals surface area contributed by atoms with E-state index in [2.05, 4.69) is 37.9 Å². The van der Waals surface area contributed by atoms with Gasteiger partial charge in [-0.2, -0.15) is 0 Å². The van der Waals surface area contributed by atoms with Crippen LogP contribution in [0.4, 0.5) is 0 Å². The standard InChI is InChI=1S/C15H32N2/c1-5-9-16-13(3)12-14(4)17-10-7-15(6-2)8-11-17/h13-16H,5-12H2,1-4H3. The van der Waals surface area contributed by atoms with Crippen molar-refractivity contribution in [1.82, 2.24) is 10.2 Å². The zero-order chi connectivity index (χ0) is 12.7. The Balaban J connectivity index is 2.21. The van der Waals surface area contributed by atoms with Gasteiger partial charge in [0.05, 0.1) is 0 Å². The molecule has 2 nitrogen and oxygen atoms in total. The van der Waals surface area contributed by atoms with Crippen LogP contribution in [-0.2, 0) is 0 Å². The number of hydrogen-bond acceptors (Lipinski definition) is 2. The van der Waals surface area contributed by atoms with Gasteiger partial charge >= 0.3 is 0 Å². The average Bonchev–Trinajstić information content (AvgIpc) is 2.36. The average molecular weight is 240 g/mol. The van der Waals surface area contributed by atoms with Gasteiger partial charge in [0.2, 0.25) is 0 Å². The van der Waals surface area contributed by atoms with Gasteiger partial charge in [0.15, 0.2) is 0 Å². The quantitative estimate of drug-likeness (QED) is 0.735. The van der Waals surface area contributed by atoms with Crippen molar-refractivity contribution in [3.63, 3.8) is 0 Å². The minimum atomic E-state index is 0.661. The van der Waals surface area contributed by atoms with Crippen molar-refractivity contribution in [2.75, 3.05) is 19.6 Å². The molecular weight excluding hydrogens is 208 g/mol. The topological polar surface area (TPSA) is 15.3 Å². The summed E-state index contributed by atoms with van der Waals surface area (Å²) in [5, 5.41) is 3.60. The second-order valence-corrected chi connectivity index (χ2v) is 5.83. The van der Waals surface area contributed by atoms with Crippen LogP contribution in [0.15, 0.2) is 0 Å². The summed E-state index contributed by atoms with van der Waals surface area (Å²) >= 11 is 0. The van der Waals surface area contributed by atoms with Crippen molar-refractivity contribution in [3.8, 4) is 0 Å². The fourth-order valence-electron chi connectivity index (χ4n) is 2.94. The smallest absolute Gasteiger partial charge is 0.00816 e. The van der Waals surface area contributed by atoms with E-state index in [0.29, 0.717) is 6.04 Å². The van der Waals surface area contributed by atoms with E-state index in [9.17, 15) is 0 Å². The molecule has 0 aromatic heterocycles. The molecule has 1 aliphatic rings. The summed E-state index contributed by atoms with van der Waals surface area (Å²) < 4.78 is 0. The van der Waals surface area contributed by atoms with Crippen molar-refractivity contribution in [3.05, 3.63) is 0 Å². The van der Waals surface area contributed by atoms with Crippen LogP contribution in [-0.4, -0.2) is 36.6 Å². The first-order valence-electron chi connectivity index (χ1n) is 7.64. The van der Waals surface area contributed by atoms with Gasteiger partial charge in [0, 0.05) is 12.1 Å². The van der Waals surface area contributed by atoms with E-state index in [1.165, 1.54) is 45.2 Å². The summed E-state index contributed by atoms with van der Waals surface area (Å²) in [6, 6.07) is 1.40. The number of nitrogens with zero attached hydrogens (tertiary/aromatic N) is 1. The van der Waals surface area contributed by atoms with E-state index >= 15 is 0 Å². The molecule has 0 aromatic rings. The Morgan fingerprint density at radius 3 is 2.35 bits per heavy atom. The van der Waals surface area contributed by atoms with Crippen molar-refractivity contribution in [2.45, 2.75) is 71.9 Å². The van der Waals surface area contributed by atoms with E-state index in [4.69, 9.17) is 0 Å². The second kappa shape index (κ2) is 8.10. The molecule has 0 amide bonds. The first-order chi connectivity index (χ1) is 8.17. The fraction of sp³-hybridized carbons (Fsp3) is 1.00. The summed E-state index contributed by atoms with van der Waals surface area (Å²) in [4.78, 5) is 2.69. The summed E-state index contributed by atoms with van der Waals surface area (Å²) in [5.41, 5.74) is 0. The van der Waals surface area contributed by atoms with Gasteiger partial charge in [-0.05, 0) is 65.1 Å². The van der Waals surface area contributed by atoms with Gasteiger partial charge in [-0.25, -0.2) is 0 Å². The van der Waals surface area contributed by atoms with Crippen molar-refractivity contribution in [1.29, 1.82) is 0 Å². The predicted molar refractivity (Wildman–Crippen MR) is 76.4 cm³/mol. The first-order valence-corrected chi connectivity index (χ1v) is 7.64. The largest absolute Gasteiger partial charge is 0.314 e. The van der Waals surface area contributed by atoms with Crippen LogP contribution < -0.4 is 5.32 Å². The number of piperidine rings is 1. The van der Waals surface area contributed by atoms with Crippen molar-refractivity contribution < 1.29 is 0 Å². The third kappa shape index (κ3) is 5.39. The Bertz CT molecular complexity index is 185. The lowest BCUT2D eigenvalue weighted by Gasteiger charge is -2.36. The van der Waals surface area contributed by atoms with Crippen molar-refractivity contribution in [2.24, 2.45) is 5.92 Å². The monoisotopic (exact) mass is 240 g/mol. The SMILES string of the molecule is CCCNC(C)CC(C)N1CCC(CC)CC1. The molecule has 0 bridgehead atoms. The Morgan fingerprint density at radius 1 is 1.18 bits per heavy atom. The molecule has 1 fully saturated rings. The highest BCUT2D eigenvalue weighted by molar-refractivity contribution is 4.78. The molecule has 2 atom stereocenters. The van der Waals surface area contributed by atoms with Gasteiger partial charge in [-0.1, -0.05) is 20.3 Å². The number of rotatable bonds is 7. The molecule has 0 aliphatic carbocycles. The van der Waals surface area contributed by atoms with Crippen molar-refractivity contribution >= 4 is 0 Å². The van der Waals surface area contributed by atoms with Gasteiger partial charge in [-0.15, -0.1) is 0 Å². The van der Waals surface area contributed by atoms with E-state index in [1.54, 1.807) is 0 Å². The van der Waals surface area contributed by atoms with Crippen LogP contribution in [0.2, 0.25) is 0 Å². The van der Waals surface area contributed by atoms with Crippen LogP contribution >= 0.6 is 0 Å². The highest BCUT2D eigenvalue weighted by Gasteiger charge is 2.22. The molecule has 0 saturated carbocycles. The third-order valence-corrected chi connectivity index (χ3v) is 4.29. The van der Waals surface area contributed by atoms with Crippen LogP contribution in [0.5, 0.6) is 0 Å². The molecule has 0 radical (unpaired) electrons. The molecule has 2 unspecified atom stereocenters. The summed E-state index contributed by atoms with van der Waals surface area (Å²) in [6.45, 7) is 13.1. The number of likely N-dealkylation sites (tertiary alicyclic amines) is 1. The summed E-state index contributed by atoms with van der Waals surface area (Å²) in [5.74, 6) is 0.995. The zero-order valence-electron chi connectivity index (χ0n) is 12.3. The molecule has 1 rings (SSSR count). The molecule has 2 heteroatoms. The Kier molecular flexibility index (Phi) is 7.14. The van der Waals surface area contributed by atoms with E-state index < -0.39 is 0 Å². The van der Waals surface area contributed by atoms with Crippen LogP contribution in [0.25, 0.3) is 0 Å². The normalized spacial score (nSPS) is 22.6. The lowest BCUT2D eigenvalue weighted by molar-refractivity contribution is 0.128. The predicted octanol–water partition coefficient (Wildman–Crippen LogP) is 3.28. The van der Waals surface area contributed by atoms with E-state index in [0.717, 1.165) is 18.5 Å². The Morgan fingerprint density at radius 2 is 1.82 bits per heavy atom. The van der Waals surface area contributed by atoms with Crippen LogP contribution in [0, 0.1) is 5.92 Å². The number of nitrogens with one attached hydrogen (secondary N) is 1. The first kappa shape index (κ1) is 15.0. The minimum Gasteiger partial charge on any atom is -0.314 e. The maximum Gasteiger partial charge on any atom is 0.00816 e. The van der Waals surface area contributed by atoms with Gasteiger partial charge in [0.1, 0.15) is 0 Å². The van der Waals surface area contributed by atoms with Crippen LogP contribution in [0.1, 0.15) is 59.8 Å². The minimum absolute atomic E-state index is 0.661. The lowest BCUT2D eigenvalue weighted by Crippen LogP contribution is -2.43. The highest BCUT2D eigenvalue weighted by atomic mass is 15.2. The Labute approximate surface area is 108 Å². The molecule has 1 heterocycles. The molecule has 1 N–H and O–H groups in total. The molecule has 0 spiro atoms. The third-order valence-electron chi connectivity index (χ3n) is 4.29.